The second-order valence-electron chi connectivity index (χ2n) is 7.36. The van der Waals surface area contributed by atoms with Crippen LogP contribution in [0.2, 0.25) is 0 Å². The van der Waals surface area contributed by atoms with Crippen LogP contribution in [0.4, 0.5) is 0 Å². The molecule has 1 aliphatic heterocycles. The first-order chi connectivity index (χ1) is 15.0. The van der Waals surface area contributed by atoms with Crippen LogP contribution in [0.3, 0.4) is 0 Å². The Morgan fingerprint density at radius 2 is 2.13 bits per heavy atom. The summed E-state index contributed by atoms with van der Waals surface area (Å²) in [6.07, 6.45) is 6.11. The molecule has 3 heterocycles. The summed E-state index contributed by atoms with van der Waals surface area (Å²) in [6, 6.07) is 9.15. The Bertz CT molecular complexity index is 1130. The van der Waals surface area contributed by atoms with Crippen molar-refractivity contribution >= 4 is 17.4 Å². The SMILES string of the molecule is COc1cccc(/C([O-])=C2\C(=O)C(=O)N(CCC[n+]3cc[nH]c3)C2c2ccc(C)o2)c1. The van der Waals surface area contributed by atoms with Gasteiger partial charge >= 0.3 is 0 Å². The van der Waals surface area contributed by atoms with E-state index >= 15 is 0 Å². The van der Waals surface area contributed by atoms with Crippen LogP contribution in [0.15, 0.2) is 65.1 Å². The third-order valence-electron chi connectivity index (χ3n) is 5.31. The molecule has 1 fully saturated rings. The summed E-state index contributed by atoms with van der Waals surface area (Å²) in [5, 5.41) is 13.3. The Hall–Kier alpha value is -3.81. The predicted molar refractivity (Wildman–Crippen MR) is 108 cm³/mol. The van der Waals surface area contributed by atoms with Crippen molar-refractivity contribution in [1.29, 1.82) is 0 Å². The molecule has 1 atom stereocenters. The van der Waals surface area contributed by atoms with Gasteiger partial charge in [0.25, 0.3) is 5.91 Å². The van der Waals surface area contributed by atoms with Crippen LogP contribution in [0.5, 0.6) is 5.75 Å². The summed E-state index contributed by atoms with van der Waals surface area (Å²) >= 11 is 0. The van der Waals surface area contributed by atoms with Gasteiger partial charge in [0.2, 0.25) is 12.1 Å². The van der Waals surface area contributed by atoms with E-state index in [9.17, 15) is 14.7 Å². The fraction of sp³-hybridized carbons (Fsp3) is 0.261. The highest BCUT2D eigenvalue weighted by atomic mass is 16.5. The van der Waals surface area contributed by atoms with Crippen molar-refractivity contribution in [1.82, 2.24) is 9.88 Å². The van der Waals surface area contributed by atoms with Crippen molar-refractivity contribution in [2.75, 3.05) is 13.7 Å². The predicted octanol–water partition coefficient (Wildman–Crippen LogP) is 1.53. The number of aryl methyl sites for hydroxylation is 2. The summed E-state index contributed by atoms with van der Waals surface area (Å²) < 4.78 is 12.9. The van der Waals surface area contributed by atoms with Crippen LogP contribution in [0.1, 0.15) is 29.5 Å². The van der Waals surface area contributed by atoms with E-state index in [-0.39, 0.29) is 11.1 Å². The number of aromatic amines is 1. The highest BCUT2D eigenvalue weighted by Crippen LogP contribution is 2.39. The van der Waals surface area contributed by atoms with Crippen molar-refractivity contribution in [3.8, 4) is 5.75 Å². The second-order valence-corrected chi connectivity index (χ2v) is 7.36. The number of methoxy groups -OCH3 is 1. The third-order valence-corrected chi connectivity index (χ3v) is 5.31. The number of benzene rings is 1. The highest BCUT2D eigenvalue weighted by Gasteiger charge is 2.45. The van der Waals surface area contributed by atoms with E-state index in [1.807, 2.05) is 17.1 Å². The van der Waals surface area contributed by atoms with E-state index in [1.54, 1.807) is 49.5 Å². The number of hydrogen-bond donors (Lipinski definition) is 1. The first-order valence-electron chi connectivity index (χ1n) is 9.98. The first-order valence-corrected chi connectivity index (χ1v) is 9.98. The molecular formula is C23H23N3O5. The maximum Gasteiger partial charge on any atom is 0.295 e. The molecular weight excluding hydrogens is 398 g/mol. The number of aromatic nitrogens is 2. The second kappa shape index (κ2) is 8.51. The lowest BCUT2D eigenvalue weighted by molar-refractivity contribution is -0.695. The Labute approximate surface area is 179 Å². The minimum absolute atomic E-state index is 0.0955. The molecule has 0 aliphatic carbocycles. The molecule has 8 heteroatoms. The van der Waals surface area contributed by atoms with Crippen molar-refractivity contribution in [2.24, 2.45) is 0 Å². The summed E-state index contributed by atoms with van der Waals surface area (Å²) in [7, 11) is 1.50. The number of ketones is 1. The van der Waals surface area contributed by atoms with Crippen LogP contribution in [-0.4, -0.2) is 35.2 Å². The zero-order valence-electron chi connectivity index (χ0n) is 17.3. The number of amides is 1. The Morgan fingerprint density at radius 1 is 1.29 bits per heavy atom. The minimum atomic E-state index is -0.858. The van der Waals surface area contributed by atoms with Gasteiger partial charge in [0.1, 0.15) is 35.7 Å². The largest absolute Gasteiger partial charge is 0.872 e. The van der Waals surface area contributed by atoms with Gasteiger partial charge in [-0.05, 0) is 36.8 Å². The molecule has 1 aromatic carbocycles. The Balaban J connectivity index is 1.72. The van der Waals surface area contributed by atoms with E-state index in [4.69, 9.17) is 9.15 Å². The number of carbonyl (C=O) groups is 2. The number of likely N-dealkylation sites (tertiary alicyclic amines) is 1. The van der Waals surface area contributed by atoms with Gasteiger partial charge in [0.15, 0.2) is 0 Å². The number of nitrogens with zero attached hydrogens (tertiary/aromatic N) is 2. The van der Waals surface area contributed by atoms with E-state index < -0.39 is 23.5 Å². The number of hydrogen-bond acceptors (Lipinski definition) is 5. The number of rotatable bonds is 7. The molecule has 31 heavy (non-hydrogen) atoms. The lowest BCUT2D eigenvalue weighted by Gasteiger charge is -2.25. The molecule has 3 aromatic rings. The number of furan rings is 1. The molecule has 0 spiro atoms. The van der Waals surface area contributed by atoms with Crippen LogP contribution in [0.25, 0.3) is 5.76 Å². The number of carbonyl (C=O) groups excluding carboxylic acids is 2. The maximum absolute atomic E-state index is 13.3. The average molecular weight is 421 g/mol. The smallest absolute Gasteiger partial charge is 0.295 e. The minimum Gasteiger partial charge on any atom is -0.872 e. The van der Waals surface area contributed by atoms with Gasteiger partial charge in [-0.3, -0.25) is 14.6 Å². The maximum atomic E-state index is 13.3. The summed E-state index contributed by atoms with van der Waals surface area (Å²) in [6.45, 7) is 2.74. The van der Waals surface area contributed by atoms with E-state index in [2.05, 4.69) is 4.98 Å². The van der Waals surface area contributed by atoms with Gasteiger partial charge < -0.3 is 19.2 Å². The molecule has 4 rings (SSSR count). The molecule has 0 radical (unpaired) electrons. The fourth-order valence-corrected chi connectivity index (χ4v) is 3.80. The van der Waals surface area contributed by atoms with Crippen LogP contribution in [-0.2, 0) is 16.1 Å². The van der Waals surface area contributed by atoms with Gasteiger partial charge in [0, 0.05) is 18.5 Å². The molecule has 2 aromatic heterocycles. The molecule has 1 aliphatic rings. The third kappa shape index (κ3) is 3.96. The lowest BCUT2D eigenvalue weighted by Crippen LogP contribution is -2.36. The molecule has 1 saturated heterocycles. The standard InChI is InChI=1S/C23H23N3O5/c1-15-7-8-18(31-15)20-19(21(27)16-5-3-6-17(13-16)30-2)22(28)23(29)26(20)11-4-10-25-12-9-24-14-25/h3,5-9,12-14,20H,4,10-11H2,1-2H3,(H,27,28). The summed E-state index contributed by atoms with van der Waals surface area (Å²) in [4.78, 5) is 30.2. The molecule has 0 bridgehead atoms. The molecule has 0 saturated carbocycles. The number of ether oxygens (including phenoxy) is 1. The molecule has 8 nitrogen and oxygen atoms in total. The van der Waals surface area contributed by atoms with Gasteiger partial charge in [-0.15, -0.1) is 0 Å². The van der Waals surface area contributed by atoms with Crippen molar-refractivity contribution in [3.63, 3.8) is 0 Å². The molecule has 1 unspecified atom stereocenters. The highest BCUT2D eigenvalue weighted by molar-refractivity contribution is 6.46. The van der Waals surface area contributed by atoms with Crippen molar-refractivity contribution < 1.29 is 28.4 Å². The first kappa shape index (κ1) is 20.5. The summed E-state index contributed by atoms with van der Waals surface area (Å²) in [5.74, 6) is -0.451. The van der Waals surface area contributed by atoms with E-state index in [0.29, 0.717) is 36.8 Å². The van der Waals surface area contributed by atoms with Crippen LogP contribution in [0, 0.1) is 6.92 Å². The van der Waals surface area contributed by atoms with Gasteiger partial charge in [-0.2, -0.15) is 0 Å². The Kier molecular flexibility index (Phi) is 5.62. The van der Waals surface area contributed by atoms with Crippen LogP contribution < -0.4 is 14.4 Å². The zero-order chi connectivity index (χ0) is 22.0. The number of H-pyrrole nitrogens is 1. The van der Waals surface area contributed by atoms with Gasteiger partial charge in [0.05, 0.1) is 13.7 Å². The summed E-state index contributed by atoms with van der Waals surface area (Å²) in [5.41, 5.74) is 0.190. The lowest BCUT2D eigenvalue weighted by atomic mass is 9.99. The topological polar surface area (TPSA) is 102 Å². The molecule has 1 N–H and O–H groups in total. The number of Topliss-reactive ketones (excluding diaryl/α,β-unsaturated/α-hetero) is 1. The Morgan fingerprint density at radius 3 is 2.81 bits per heavy atom. The fourth-order valence-electron chi connectivity index (χ4n) is 3.80. The monoisotopic (exact) mass is 421 g/mol. The normalized spacial score (nSPS) is 18.0. The van der Waals surface area contributed by atoms with Crippen molar-refractivity contribution in [2.45, 2.75) is 25.9 Å². The van der Waals surface area contributed by atoms with E-state index in [1.165, 1.54) is 12.0 Å². The average Bonchev–Trinajstić information content (AvgIpc) is 3.50. The quantitative estimate of drug-likeness (QED) is 0.270. The number of nitrogens with one attached hydrogen (secondary N) is 1. The van der Waals surface area contributed by atoms with Gasteiger partial charge in [-0.1, -0.05) is 17.9 Å². The van der Waals surface area contributed by atoms with Crippen molar-refractivity contribution in [3.05, 3.63) is 77.8 Å². The zero-order valence-corrected chi connectivity index (χ0v) is 17.3. The number of imidazole rings is 1. The van der Waals surface area contributed by atoms with E-state index in [0.717, 1.165) is 0 Å². The molecule has 160 valence electrons. The molecule has 1 amide bonds. The van der Waals surface area contributed by atoms with Gasteiger partial charge in [-0.25, -0.2) is 4.57 Å². The van der Waals surface area contributed by atoms with Crippen LogP contribution >= 0.6 is 0 Å².